The van der Waals surface area contributed by atoms with Crippen LogP contribution < -0.4 is 0 Å². The summed E-state index contributed by atoms with van der Waals surface area (Å²) in [5, 5.41) is 0. The molecule has 1 heterocycles. The quantitative estimate of drug-likeness (QED) is 0.817. The van der Waals surface area contributed by atoms with Crippen LogP contribution in [-0.4, -0.2) is 15.3 Å². The van der Waals surface area contributed by atoms with Crippen LogP contribution in [0.25, 0.3) is 11.0 Å². The van der Waals surface area contributed by atoms with Crippen molar-refractivity contribution in [2.75, 3.05) is 5.75 Å². The molecule has 2 aromatic rings. The monoisotopic (exact) mass is 266 g/mol. The van der Waals surface area contributed by atoms with Crippen molar-refractivity contribution in [3.63, 3.8) is 0 Å². The molecule has 0 N–H and O–H groups in total. The Labute approximate surface area is 113 Å². The van der Waals surface area contributed by atoms with Gasteiger partial charge in [0.2, 0.25) is 0 Å². The van der Waals surface area contributed by atoms with E-state index in [0.717, 1.165) is 42.0 Å². The molecule has 0 amide bonds. The van der Waals surface area contributed by atoms with E-state index >= 15 is 0 Å². The highest BCUT2D eigenvalue weighted by molar-refractivity contribution is 7.80. The molecule has 0 bridgehead atoms. The molecule has 0 fully saturated rings. The summed E-state index contributed by atoms with van der Waals surface area (Å²) in [6.45, 7) is 5.34. The number of hydrogen-bond donors (Lipinski definition) is 1. The summed E-state index contributed by atoms with van der Waals surface area (Å²) in [5.74, 6) is 2.18. The van der Waals surface area contributed by atoms with Gasteiger partial charge in [-0.1, -0.05) is 13.8 Å². The van der Waals surface area contributed by atoms with Gasteiger partial charge in [-0.05, 0) is 30.2 Å². The number of aromatic nitrogens is 2. The number of imidazole rings is 1. The van der Waals surface area contributed by atoms with Crippen LogP contribution >= 0.6 is 12.6 Å². The average molecular weight is 266 g/mol. The fraction of sp³-hybridized carbons (Fsp3) is 0.500. The first kappa shape index (κ1) is 13.4. The van der Waals surface area contributed by atoms with Crippen molar-refractivity contribution in [1.29, 1.82) is 0 Å². The molecule has 18 heavy (non-hydrogen) atoms. The maximum absolute atomic E-state index is 13.2. The third kappa shape index (κ3) is 2.86. The van der Waals surface area contributed by atoms with Gasteiger partial charge in [0.15, 0.2) is 0 Å². The van der Waals surface area contributed by atoms with Crippen molar-refractivity contribution < 1.29 is 4.39 Å². The molecule has 0 unspecified atom stereocenters. The Bertz CT molecular complexity index is 534. The molecule has 1 aromatic heterocycles. The van der Waals surface area contributed by atoms with Crippen LogP contribution in [0.4, 0.5) is 4.39 Å². The second kappa shape index (κ2) is 5.74. The Hall–Kier alpha value is -1.03. The molecule has 1 aromatic carbocycles. The molecule has 0 spiro atoms. The van der Waals surface area contributed by atoms with Gasteiger partial charge in [0, 0.05) is 19.0 Å². The van der Waals surface area contributed by atoms with Crippen LogP contribution in [0.3, 0.4) is 0 Å². The Morgan fingerprint density at radius 3 is 2.83 bits per heavy atom. The lowest BCUT2D eigenvalue weighted by atomic mass is 10.1. The Kier molecular flexibility index (Phi) is 4.27. The minimum Gasteiger partial charge on any atom is -0.328 e. The number of aryl methyl sites for hydroxylation is 2. The summed E-state index contributed by atoms with van der Waals surface area (Å²) in [7, 11) is 0. The van der Waals surface area contributed by atoms with E-state index in [4.69, 9.17) is 0 Å². The standard InChI is InChI=1S/C14H19FN2S/c1-10(2)5-7-17-13-4-3-11(15)9-12(13)16-14(17)6-8-18/h3-4,9-10,18H,5-8H2,1-2H3. The van der Waals surface area contributed by atoms with E-state index in [1.54, 1.807) is 0 Å². The zero-order valence-corrected chi connectivity index (χ0v) is 11.8. The zero-order valence-electron chi connectivity index (χ0n) is 10.9. The van der Waals surface area contributed by atoms with E-state index in [-0.39, 0.29) is 5.82 Å². The number of nitrogens with zero attached hydrogens (tertiary/aromatic N) is 2. The predicted molar refractivity (Wildman–Crippen MR) is 76.7 cm³/mol. The minimum absolute atomic E-state index is 0.228. The Balaban J connectivity index is 2.41. The van der Waals surface area contributed by atoms with E-state index < -0.39 is 0 Å². The average Bonchev–Trinajstić information content (AvgIpc) is 2.63. The van der Waals surface area contributed by atoms with Crippen molar-refractivity contribution in [2.45, 2.75) is 33.2 Å². The third-order valence-electron chi connectivity index (χ3n) is 3.05. The van der Waals surface area contributed by atoms with E-state index in [1.807, 2.05) is 6.07 Å². The van der Waals surface area contributed by atoms with Gasteiger partial charge in [-0.2, -0.15) is 12.6 Å². The third-order valence-corrected chi connectivity index (χ3v) is 3.28. The molecule has 0 aliphatic rings. The lowest BCUT2D eigenvalue weighted by molar-refractivity contribution is 0.513. The van der Waals surface area contributed by atoms with E-state index in [9.17, 15) is 4.39 Å². The van der Waals surface area contributed by atoms with Crippen molar-refractivity contribution in [3.8, 4) is 0 Å². The van der Waals surface area contributed by atoms with Crippen LogP contribution in [0.1, 0.15) is 26.1 Å². The molecule has 0 saturated heterocycles. The van der Waals surface area contributed by atoms with Crippen molar-refractivity contribution in [2.24, 2.45) is 5.92 Å². The molecule has 0 atom stereocenters. The summed E-state index contributed by atoms with van der Waals surface area (Å²) in [6, 6.07) is 4.82. The maximum atomic E-state index is 13.2. The normalized spacial score (nSPS) is 11.6. The molecule has 0 aliphatic carbocycles. The van der Waals surface area contributed by atoms with Gasteiger partial charge in [-0.25, -0.2) is 9.37 Å². The fourth-order valence-corrected chi connectivity index (χ4v) is 2.28. The summed E-state index contributed by atoms with van der Waals surface area (Å²) in [5.41, 5.74) is 1.77. The predicted octanol–water partition coefficient (Wildman–Crippen LogP) is 3.69. The first-order chi connectivity index (χ1) is 8.61. The lowest BCUT2D eigenvalue weighted by Crippen LogP contribution is -2.06. The topological polar surface area (TPSA) is 17.8 Å². The number of rotatable bonds is 5. The van der Waals surface area contributed by atoms with E-state index in [2.05, 4.69) is 36.0 Å². The molecular weight excluding hydrogens is 247 g/mol. The molecule has 2 nitrogen and oxygen atoms in total. The van der Waals surface area contributed by atoms with Gasteiger partial charge in [0.25, 0.3) is 0 Å². The molecular formula is C14H19FN2S. The minimum atomic E-state index is -0.228. The van der Waals surface area contributed by atoms with Crippen molar-refractivity contribution >= 4 is 23.7 Å². The summed E-state index contributed by atoms with van der Waals surface area (Å²) >= 11 is 4.26. The fourth-order valence-electron chi connectivity index (χ4n) is 2.08. The van der Waals surface area contributed by atoms with Gasteiger partial charge in [-0.15, -0.1) is 0 Å². The Morgan fingerprint density at radius 1 is 1.39 bits per heavy atom. The number of hydrogen-bond acceptors (Lipinski definition) is 2. The van der Waals surface area contributed by atoms with Gasteiger partial charge >= 0.3 is 0 Å². The molecule has 2 rings (SSSR count). The number of benzene rings is 1. The highest BCUT2D eigenvalue weighted by atomic mass is 32.1. The summed E-state index contributed by atoms with van der Waals surface area (Å²) in [4.78, 5) is 4.52. The van der Waals surface area contributed by atoms with Crippen LogP contribution in [0.5, 0.6) is 0 Å². The van der Waals surface area contributed by atoms with Crippen molar-refractivity contribution in [1.82, 2.24) is 9.55 Å². The first-order valence-electron chi connectivity index (χ1n) is 6.37. The second-order valence-electron chi connectivity index (χ2n) is 4.97. The first-order valence-corrected chi connectivity index (χ1v) is 7.00. The van der Waals surface area contributed by atoms with Gasteiger partial charge in [0.05, 0.1) is 11.0 Å². The molecule has 98 valence electrons. The number of halogens is 1. The molecule has 0 radical (unpaired) electrons. The van der Waals surface area contributed by atoms with Gasteiger partial charge in [-0.3, -0.25) is 0 Å². The highest BCUT2D eigenvalue weighted by Gasteiger charge is 2.11. The molecule has 0 aliphatic heterocycles. The van der Waals surface area contributed by atoms with Gasteiger partial charge in [0.1, 0.15) is 11.6 Å². The molecule has 0 saturated carbocycles. The second-order valence-corrected chi connectivity index (χ2v) is 5.42. The SMILES string of the molecule is CC(C)CCn1c(CCS)nc2cc(F)ccc21. The maximum Gasteiger partial charge on any atom is 0.125 e. The lowest BCUT2D eigenvalue weighted by Gasteiger charge is -2.10. The largest absolute Gasteiger partial charge is 0.328 e. The van der Waals surface area contributed by atoms with Crippen LogP contribution in [0.2, 0.25) is 0 Å². The summed E-state index contributed by atoms with van der Waals surface area (Å²) < 4.78 is 15.4. The smallest absolute Gasteiger partial charge is 0.125 e. The van der Waals surface area contributed by atoms with E-state index in [1.165, 1.54) is 12.1 Å². The molecule has 4 heteroatoms. The summed E-state index contributed by atoms with van der Waals surface area (Å²) in [6.07, 6.45) is 1.92. The van der Waals surface area contributed by atoms with E-state index in [0.29, 0.717) is 5.92 Å². The van der Waals surface area contributed by atoms with Crippen LogP contribution in [-0.2, 0) is 13.0 Å². The van der Waals surface area contributed by atoms with Crippen molar-refractivity contribution in [3.05, 3.63) is 29.8 Å². The van der Waals surface area contributed by atoms with Crippen LogP contribution in [0, 0.1) is 11.7 Å². The number of fused-ring (bicyclic) bond motifs is 1. The number of thiol groups is 1. The van der Waals surface area contributed by atoms with Gasteiger partial charge < -0.3 is 4.57 Å². The highest BCUT2D eigenvalue weighted by Crippen LogP contribution is 2.19. The zero-order chi connectivity index (χ0) is 13.1. The van der Waals surface area contributed by atoms with Crippen LogP contribution in [0.15, 0.2) is 18.2 Å². The Morgan fingerprint density at radius 2 is 2.17 bits per heavy atom.